The monoisotopic (exact) mass is 1080 g/mol. The molecule has 6 nitrogen and oxygen atoms in total. The Balaban J connectivity index is 3.37. The van der Waals surface area contributed by atoms with Crippen molar-refractivity contribution in [1.82, 2.24) is 5.32 Å². The minimum atomic E-state index is -0.664. The summed E-state index contributed by atoms with van der Waals surface area (Å²) in [4.78, 5) is 24.6. The second kappa shape index (κ2) is 66.8. The molecule has 77 heavy (non-hydrogen) atoms. The summed E-state index contributed by atoms with van der Waals surface area (Å²) in [6, 6.07) is -0.541. The van der Waals surface area contributed by atoms with E-state index in [1.165, 1.54) is 308 Å². The van der Waals surface area contributed by atoms with Gasteiger partial charge in [0, 0.05) is 12.8 Å². The van der Waals surface area contributed by atoms with Crippen LogP contribution < -0.4 is 5.32 Å². The number of hydrogen-bond donors (Lipinski definition) is 3. The van der Waals surface area contributed by atoms with Crippen LogP contribution in [0.15, 0.2) is 24.3 Å². The van der Waals surface area contributed by atoms with E-state index >= 15 is 0 Å². The van der Waals surface area contributed by atoms with Crippen molar-refractivity contribution < 1.29 is 24.5 Å². The minimum absolute atomic E-state index is 0.00180. The Labute approximate surface area is 481 Å². The average molecular weight is 1080 g/mol. The second-order valence-corrected chi connectivity index (χ2v) is 24.2. The smallest absolute Gasteiger partial charge is 0.305 e. The van der Waals surface area contributed by atoms with Gasteiger partial charge in [-0.15, -0.1) is 0 Å². The first kappa shape index (κ1) is 75.3. The van der Waals surface area contributed by atoms with Gasteiger partial charge in [0.1, 0.15) is 0 Å². The molecule has 0 spiro atoms. The summed E-state index contributed by atoms with van der Waals surface area (Å²) in [7, 11) is 0. The van der Waals surface area contributed by atoms with Gasteiger partial charge in [-0.05, 0) is 51.4 Å². The van der Waals surface area contributed by atoms with Gasteiger partial charge in [-0.25, -0.2) is 0 Å². The second-order valence-electron chi connectivity index (χ2n) is 24.2. The lowest BCUT2D eigenvalue weighted by molar-refractivity contribution is -0.143. The number of carbonyl (C=O) groups is 2. The van der Waals surface area contributed by atoms with Crippen LogP contribution in [0.25, 0.3) is 0 Å². The highest BCUT2D eigenvalue weighted by molar-refractivity contribution is 5.76. The number of amides is 1. The summed E-state index contributed by atoms with van der Waals surface area (Å²) >= 11 is 0. The lowest BCUT2D eigenvalue weighted by Crippen LogP contribution is -2.45. The van der Waals surface area contributed by atoms with Crippen molar-refractivity contribution in [3.8, 4) is 0 Å². The summed E-state index contributed by atoms with van der Waals surface area (Å²) in [5.74, 6) is -0.0270. The predicted molar refractivity (Wildman–Crippen MR) is 338 cm³/mol. The maximum Gasteiger partial charge on any atom is 0.305 e. The highest BCUT2D eigenvalue weighted by Crippen LogP contribution is 2.19. The van der Waals surface area contributed by atoms with E-state index in [-0.39, 0.29) is 18.5 Å². The van der Waals surface area contributed by atoms with Gasteiger partial charge >= 0.3 is 5.97 Å². The van der Waals surface area contributed by atoms with Gasteiger partial charge in [-0.1, -0.05) is 353 Å². The summed E-state index contributed by atoms with van der Waals surface area (Å²) in [6.45, 7) is 4.92. The third kappa shape index (κ3) is 63.4. The number of aliphatic hydroxyl groups is 2. The van der Waals surface area contributed by atoms with Crippen molar-refractivity contribution in [2.75, 3.05) is 13.2 Å². The third-order valence-electron chi connectivity index (χ3n) is 16.5. The fourth-order valence-electron chi connectivity index (χ4n) is 11.2. The number of allylic oxidation sites excluding steroid dienone is 4. The first-order chi connectivity index (χ1) is 38.0. The van der Waals surface area contributed by atoms with Crippen LogP contribution in [0.3, 0.4) is 0 Å². The highest BCUT2D eigenvalue weighted by atomic mass is 16.5. The molecular weight excluding hydrogens is 947 g/mol. The van der Waals surface area contributed by atoms with Crippen LogP contribution in [0.2, 0.25) is 0 Å². The Bertz CT molecular complexity index is 1200. The van der Waals surface area contributed by atoms with E-state index in [2.05, 4.69) is 43.5 Å². The molecular formula is C71H137NO5. The van der Waals surface area contributed by atoms with Crippen LogP contribution in [0, 0.1) is 0 Å². The molecule has 0 aliphatic carbocycles. The molecule has 2 atom stereocenters. The number of carbonyl (C=O) groups excluding carboxylic acids is 2. The van der Waals surface area contributed by atoms with Gasteiger partial charge in [-0.2, -0.15) is 0 Å². The molecule has 0 radical (unpaired) electrons. The van der Waals surface area contributed by atoms with Crippen LogP contribution >= 0.6 is 0 Å². The van der Waals surface area contributed by atoms with Crippen molar-refractivity contribution in [3.63, 3.8) is 0 Å². The highest BCUT2D eigenvalue weighted by Gasteiger charge is 2.20. The van der Waals surface area contributed by atoms with E-state index in [1.807, 2.05) is 0 Å². The first-order valence-corrected chi connectivity index (χ1v) is 35.1. The molecule has 1 amide bonds. The van der Waals surface area contributed by atoms with Crippen molar-refractivity contribution in [3.05, 3.63) is 24.3 Å². The lowest BCUT2D eigenvalue weighted by Gasteiger charge is -2.22. The van der Waals surface area contributed by atoms with E-state index in [0.29, 0.717) is 25.9 Å². The molecule has 0 bridgehead atoms. The van der Waals surface area contributed by atoms with Crippen molar-refractivity contribution in [1.29, 1.82) is 0 Å². The zero-order chi connectivity index (χ0) is 55.7. The maximum atomic E-state index is 12.6. The molecule has 3 N–H and O–H groups in total. The molecule has 0 fully saturated rings. The minimum Gasteiger partial charge on any atom is -0.466 e. The molecule has 0 heterocycles. The number of aliphatic hydroxyl groups excluding tert-OH is 2. The molecule has 0 aromatic rings. The molecule has 0 aromatic carbocycles. The Morgan fingerprint density at radius 1 is 0.364 bits per heavy atom. The van der Waals surface area contributed by atoms with Gasteiger partial charge in [-0.3, -0.25) is 9.59 Å². The normalized spacial score (nSPS) is 12.6. The third-order valence-corrected chi connectivity index (χ3v) is 16.5. The van der Waals surface area contributed by atoms with Crippen LogP contribution in [-0.4, -0.2) is 47.4 Å². The maximum absolute atomic E-state index is 12.6. The average Bonchev–Trinajstić information content (AvgIpc) is 3.43. The van der Waals surface area contributed by atoms with E-state index in [4.69, 9.17) is 4.74 Å². The standard InChI is InChI=1S/C71H137NO5/c1-3-5-7-9-11-13-15-17-18-19-20-21-27-30-33-36-40-43-47-51-55-59-63-69(74)68(67-73)72-70(75)64-60-56-52-48-44-41-37-34-31-28-25-23-22-24-26-29-32-35-38-42-46-50-54-58-62-66-77-71(76)65-61-57-53-49-45-39-16-14-12-10-8-6-4-2/h8,10,14,16,68-69,73-74H,3-7,9,11-13,15,17-67H2,1-2H3,(H,72,75)/b10-8-,16-14-. The molecule has 2 unspecified atom stereocenters. The van der Waals surface area contributed by atoms with Gasteiger partial charge in [0.25, 0.3) is 0 Å². The SMILES string of the molecule is CCC/C=C\C/C=C\CCCCCCCC(=O)OCCCCCCCCCCCCCCCCCCCCCCCCCCCC(=O)NC(CO)C(O)CCCCCCCCCCCCCCCCCCCCCCCC. The molecule has 0 aliphatic heterocycles. The number of rotatable bonds is 66. The van der Waals surface area contributed by atoms with E-state index in [0.717, 1.165) is 51.4 Å². The summed E-state index contributed by atoms with van der Waals surface area (Å²) < 4.78 is 5.48. The lowest BCUT2D eigenvalue weighted by atomic mass is 10.0. The number of unbranched alkanes of at least 4 members (excludes halogenated alkanes) is 51. The van der Waals surface area contributed by atoms with Gasteiger partial charge in [0.2, 0.25) is 5.91 Å². The Morgan fingerprint density at radius 2 is 0.675 bits per heavy atom. The fraction of sp³-hybridized carbons (Fsp3) is 0.915. The molecule has 0 rings (SSSR count). The summed E-state index contributed by atoms with van der Waals surface area (Å²) in [5.41, 5.74) is 0. The van der Waals surface area contributed by atoms with E-state index in [9.17, 15) is 19.8 Å². The molecule has 0 saturated carbocycles. The molecule has 6 heteroatoms. The Morgan fingerprint density at radius 3 is 1.04 bits per heavy atom. The van der Waals surface area contributed by atoms with Crippen molar-refractivity contribution in [2.45, 2.75) is 405 Å². The molecule has 456 valence electrons. The molecule has 0 aromatic heterocycles. The Kier molecular flexibility index (Phi) is 65.4. The molecule has 0 aliphatic rings. The molecule has 0 saturated heterocycles. The quantitative estimate of drug-likeness (QED) is 0.0320. The van der Waals surface area contributed by atoms with Crippen LogP contribution in [0.1, 0.15) is 393 Å². The predicted octanol–water partition coefficient (Wildman–Crippen LogP) is 22.5. The van der Waals surface area contributed by atoms with Gasteiger partial charge in [0.05, 0.1) is 25.4 Å². The zero-order valence-electron chi connectivity index (χ0n) is 52.2. The fourth-order valence-corrected chi connectivity index (χ4v) is 11.2. The van der Waals surface area contributed by atoms with Gasteiger partial charge < -0.3 is 20.3 Å². The number of nitrogens with one attached hydrogen (secondary N) is 1. The number of hydrogen-bond acceptors (Lipinski definition) is 5. The number of ether oxygens (including phenoxy) is 1. The largest absolute Gasteiger partial charge is 0.466 e. The summed E-state index contributed by atoms with van der Waals surface area (Å²) in [6.07, 6.45) is 83.7. The Hall–Kier alpha value is -1.66. The van der Waals surface area contributed by atoms with Crippen LogP contribution in [0.4, 0.5) is 0 Å². The first-order valence-electron chi connectivity index (χ1n) is 35.1. The van der Waals surface area contributed by atoms with Crippen LogP contribution in [-0.2, 0) is 14.3 Å². The van der Waals surface area contributed by atoms with E-state index < -0.39 is 12.1 Å². The zero-order valence-corrected chi connectivity index (χ0v) is 52.2. The van der Waals surface area contributed by atoms with E-state index in [1.54, 1.807) is 0 Å². The number of esters is 1. The van der Waals surface area contributed by atoms with Crippen molar-refractivity contribution >= 4 is 11.9 Å². The summed E-state index contributed by atoms with van der Waals surface area (Å²) in [5, 5.41) is 23.4. The topological polar surface area (TPSA) is 95.9 Å². The van der Waals surface area contributed by atoms with Crippen molar-refractivity contribution in [2.24, 2.45) is 0 Å². The van der Waals surface area contributed by atoms with Gasteiger partial charge in [0.15, 0.2) is 0 Å². The van der Waals surface area contributed by atoms with Crippen LogP contribution in [0.5, 0.6) is 0 Å².